The second-order valence-electron chi connectivity index (χ2n) is 7.00. The van der Waals surface area contributed by atoms with E-state index in [4.69, 9.17) is 5.11 Å². The molecule has 0 bridgehead atoms. The minimum atomic E-state index is -0.731. The molecule has 0 saturated carbocycles. The zero-order valence-electron chi connectivity index (χ0n) is 15.5. The van der Waals surface area contributed by atoms with Crippen molar-refractivity contribution in [3.05, 3.63) is 12.2 Å². The topological polar surface area (TPSA) is 57.5 Å². The van der Waals surface area contributed by atoms with Crippen LogP contribution in [0.25, 0.3) is 0 Å². The molecule has 3 nitrogen and oxygen atoms in total. The maximum absolute atomic E-state index is 10.4. The zero-order valence-corrected chi connectivity index (χ0v) is 15.5. The van der Waals surface area contributed by atoms with Crippen LogP contribution in [-0.4, -0.2) is 22.3 Å². The van der Waals surface area contributed by atoms with E-state index in [0.717, 1.165) is 31.6 Å². The summed E-state index contributed by atoms with van der Waals surface area (Å²) in [5, 5.41) is 18.7. The first-order valence-corrected chi connectivity index (χ1v) is 9.53. The Bertz CT molecular complexity index is 312. The minimum absolute atomic E-state index is 0.189. The molecule has 0 aliphatic rings. The van der Waals surface area contributed by atoms with E-state index in [9.17, 15) is 9.90 Å². The third kappa shape index (κ3) is 14.5. The molecule has 0 fully saturated rings. The first-order chi connectivity index (χ1) is 11.0. The van der Waals surface area contributed by atoms with E-state index in [1.165, 1.54) is 32.1 Å². The number of aliphatic hydroxyl groups excluding tert-OH is 1. The Labute approximate surface area is 143 Å². The average Bonchev–Trinajstić information content (AvgIpc) is 2.52. The lowest BCUT2D eigenvalue weighted by Crippen LogP contribution is -2.15. The van der Waals surface area contributed by atoms with E-state index in [0.29, 0.717) is 6.42 Å². The number of aliphatic hydroxyl groups is 1. The summed E-state index contributed by atoms with van der Waals surface area (Å²) in [4.78, 5) is 10.4. The molecule has 3 heteroatoms. The summed E-state index contributed by atoms with van der Waals surface area (Å²) in [5.41, 5.74) is 0. The molecule has 0 aromatic heterocycles. The minimum Gasteiger partial charge on any atom is -0.481 e. The van der Waals surface area contributed by atoms with Crippen LogP contribution in [0.4, 0.5) is 0 Å². The van der Waals surface area contributed by atoms with Crippen molar-refractivity contribution in [3.8, 4) is 0 Å². The fourth-order valence-corrected chi connectivity index (χ4v) is 2.64. The number of rotatable bonds is 15. The van der Waals surface area contributed by atoms with Crippen LogP contribution in [0.15, 0.2) is 12.2 Å². The number of hydrogen-bond donors (Lipinski definition) is 2. The number of allylic oxidation sites excluding steroid dienone is 1. The lowest BCUT2D eigenvalue weighted by Gasteiger charge is -2.15. The number of carbonyl (C=O) groups is 1. The molecule has 0 aliphatic carbocycles. The van der Waals surface area contributed by atoms with Crippen LogP contribution in [0.3, 0.4) is 0 Å². The van der Waals surface area contributed by atoms with Crippen LogP contribution >= 0.6 is 0 Å². The van der Waals surface area contributed by atoms with Crippen LogP contribution in [-0.2, 0) is 4.79 Å². The average molecular weight is 327 g/mol. The molecule has 3 atom stereocenters. The lowest BCUT2D eigenvalue weighted by atomic mass is 9.97. The maximum atomic E-state index is 10.4. The van der Waals surface area contributed by atoms with E-state index < -0.39 is 5.97 Å². The van der Waals surface area contributed by atoms with Crippen molar-refractivity contribution in [2.75, 3.05) is 0 Å². The molecule has 0 radical (unpaired) electrons. The van der Waals surface area contributed by atoms with E-state index in [-0.39, 0.29) is 18.4 Å². The van der Waals surface area contributed by atoms with Gasteiger partial charge in [-0.1, -0.05) is 71.4 Å². The highest BCUT2D eigenvalue weighted by atomic mass is 16.4. The van der Waals surface area contributed by atoms with Crippen LogP contribution in [0.5, 0.6) is 0 Å². The Hall–Kier alpha value is -0.830. The van der Waals surface area contributed by atoms with Gasteiger partial charge < -0.3 is 10.2 Å². The predicted octanol–water partition coefficient (Wildman–Crippen LogP) is 5.57. The predicted molar refractivity (Wildman–Crippen MR) is 97.6 cm³/mol. The smallest absolute Gasteiger partial charge is 0.303 e. The van der Waals surface area contributed by atoms with Crippen molar-refractivity contribution in [1.82, 2.24) is 0 Å². The molecule has 136 valence electrons. The highest BCUT2D eigenvalue weighted by molar-refractivity contribution is 5.66. The number of aliphatic carboxylic acids is 1. The van der Waals surface area contributed by atoms with Crippen molar-refractivity contribution in [2.45, 2.75) is 97.5 Å². The fraction of sp³-hybridized carbons (Fsp3) is 0.850. The maximum Gasteiger partial charge on any atom is 0.303 e. The monoisotopic (exact) mass is 326 g/mol. The standard InChI is InChI=1S/C20H38O3/c1-4-17(2)13-9-6-5-7-10-14-18(3)19(21)15-11-8-12-16-20(22)23/h10,14,17-19,21H,4-9,11-13,15-16H2,1-3H3,(H,22,23)/b14-10-. The molecule has 3 unspecified atom stereocenters. The van der Waals surface area contributed by atoms with Gasteiger partial charge in [-0.3, -0.25) is 4.79 Å². The molecular formula is C20H38O3. The largest absolute Gasteiger partial charge is 0.481 e. The molecule has 0 heterocycles. The summed E-state index contributed by atoms with van der Waals surface area (Å²) in [5.74, 6) is 0.316. The Morgan fingerprint density at radius 3 is 2.30 bits per heavy atom. The number of carboxylic acid groups (broad SMARTS) is 1. The molecule has 0 rings (SSSR count). The summed E-state index contributed by atoms with van der Waals surface area (Å²) >= 11 is 0. The molecule has 0 amide bonds. The lowest BCUT2D eigenvalue weighted by molar-refractivity contribution is -0.137. The van der Waals surface area contributed by atoms with Crippen molar-refractivity contribution in [2.24, 2.45) is 11.8 Å². The van der Waals surface area contributed by atoms with Gasteiger partial charge >= 0.3 is 5.97 Å². The molecule has 2 N–H and O–H groups in total. The van der Waals surface area contributed by atoms with Crippen molar-refractivity contribution >= 4 is 5.97 Å². The molecule has 0 aromatic carbocycles. The SMILES string of the molecule is CCC(C)CCCCC/C=C\C(C)C(O)CCCCCC(=O)O. The molecule has 0 spiro atoms. The van der Waals surface area contributed by atoms with Gasteiger partial charge in [0.1, 0.15) is 0 Å². The van der Waals surface area contributed by atoms with Crippen LogP contribution in [0.1, 0.15) is 91.4 Å². The highest BCUT2D eigenvalue weighted by Crippen LogP contribution is 2.16. The normalized spacial score (nSPS) is 15.7. The van der Waals surface area contributed by atoms with Gasteiger partial charge in [0, 0.05) is 6.42 Å². The second kappa shape index (κ2) is 14.7. The van der Waals surface area contributed by atoms with Crippen LogP contribution in [0.2, 0.25) is 0 Å². The van der Waals surface area contributed by atoms with Gasteiger partial charge in [-0.2, -0.15) is 0 Å². The van der Waals surface area contributed by atoms with Crippen LogP contribution < -0.4 is 0 Å². The molecule has 0 aliphatic heterocycles. The summed E-state index contributed by atoms with van der Waals surface area (Å²) in [6.45, 7) is 6.64. The van der Waals surface area contributed by atoms with Gasteiger partial charge in [0.25, 0.3) is 0 Å². The Balaban J connectivity index is 3.58. The van der Waals surface area contributed by atoms with Gasteiger partial charge in [-0.15, -0.1) is 0 Å². The number of hydrogen-bond acceptors (Lipinski definition) is 2. The second-order valence-corrected chi connectivity index (χ2v) is 7.00. The summed E-state index contributed by atoms with van der Waals surface area (Å²) < 4.78 is 0. The van der Waals surface area contributed by atoms with E-state index in [2.05, 4.69) is 32.9 Å². The highest BCUT2D eigenvalue weighted by Gasteiger charge is 2.10. The van der Waals surface area contributed by atoms with Gasteiger partial charge in [0.05, 0.1) is 6.10 Å². The van der Waals surface area contributed by atoms with Crippen molar-refractivity contribution in [3.63, 3.8) is 0 Å². The third-order valence-corrected chi connectivity index (χ3v) is 4.70. The van der Waals surface area contributed by atoms with Gasteiger partial charge in [0.15, 0.2) is 0 Å². The third-order valence-electron chi connectivity index (χ3n) is 4.70. The summed E-state index contributed by atoms with van der Waals surface area (Å²) in [6.07, 6.45) is 15.2. The summed E-state index contributed by atoms with van der Waals surface area (Å²) in [7, 11) is 0. The quantitative estimate of drug-likeness (QED) is 0.305. The van der Waals surface area contributed by atoms with Gasteiger partial charge in [-0.05, 0) is 37.5 Å². The fourth-order valence-electron chi connectivity index (χ4n) is 2.64. The van der Waals surface area contributed by atoms with E-state index >= 15 is 0 Å². The van der Waals surface area contributed by atoms with E-state index in [1.807, 2.05) is 0 Å². The molecule has 23 heavy (non-hydrogen) atoms. The molecule has 0 aromatic rings. The Kier molecular flexibility index (Phi) is 14.2. The molecular weight excluding hydrogens is 288 g/mol. The van der Waals surface area contributed by atoms with Gasteiger partial charge in [-0.25, -0.2) is 0 Å². The first kappa shape index (κ1) is 22.2. The van der Waals surface area contributed by atoms with Crippen molar-refractivity contribution < 1.29 is 15.0 Å². The number of carboxylic acids is 1. The Morgan fingerprint density at radius 1 is 1.00 bits per heavy atom. The first-order valence-electron chi connectivity index (χ1n) is 9.53. The Morgan fingerprint density at radius 2 is 1.65 bits per heavy atom. The zero-order chi connectivity index (χ0) is 17.5. The van der Waals surface area contributed by atoms with Crippen molar-refractivity contribution in [1.29, 1.82) is 0 Å². The molecule has 0 saturated heterocycles. The number of unbranched alkanes of at least 4 members (excludes halogenated alkanes) is 5. The van der Waals surface area contributed by atoms with Crippen LogP contribution in [0, 0.1) is 11.8 Å². The summed E-state index contributed by atoms with van der Waals surface area (Å²) in [6, 6.07) is 0. The van der Waals surface area contributed by atoms with E-state index in [1.54, 1.807) is 0 Å². The van der Waals surface area contributed by atoms with Gasteiger partial charge in [0.2, 0.25) is 0 Å².